The van der Waals surface area contributed by atoms with Gasteiger partial charge in [0, 0.05) is 42.2 Å². The van der Waals surface area contributed by atoms with Gasteiger partial charge in [0.05, 0.1) is 7.11 Å². The van der Waals surface area contributed by atoms with Gasteiger partial charge in [-0.05, 0) is 36.7 Å². The summed E-state index contributed by atoms with van der Waals surface area (Å²) >= 11 is 8.67. The molecule has 5 rings (SSSR count). The molecule has 6 nitrogen and oxygen atoms in total. The van der Waals surface area contributed by atoms with E-state index in [9.17, 15) is 9.59 Å². The average molecular weight is 486 g/mol. The molecule has 1 aromatic heterocycles. The number of thiocarbonyl (C=S) groups is 1. The van der Waals surface area contributed by atoms with Gasteiger partial charge in [-0.15, -0.1) is 17.9 Å². The fraction of sp³-hybridized carbons (Fsp3) is 0.348. The summed E-state index contributed by atoms with van der Waals surface area (Å²) in [6, 6.07) is 9.68. The summed E-state index contributed by atoms with van der Waals surface area (Å²) in [4.78, 5) is 34.9. The highest BCUT2D eigenvalue weighted by molar-refractivity contribution is 8.25. The summed E-state index contributed by atoms with van der Waals surface area (Å²) in [5.41, 5.74) is 0.368. The Bertz CT molecular complexity index is 1150. The Hall–Kier alpha value is -2.20. The molecule has 3 aliphatic rings. The molecule has 3 atom stereocenters. The summed E-state index contributed by atoms with van der Waals surface area (Å²) < 4.78 is 4.87. The standard InChI is InChI=1S/C23H23N3O3S3/c1-5-10-26-20(28)23(32-21(26)30)16(18-7-6-11-31-18)13-24(2)22(23)15-12-14(29-4)8-9-17(15)25(3)19(22)27/h5-9,11-12,16H,1,10,13H2,2-4H3/t16-,22+,23-/m0/s1. The molecule has 9 heteroatoms. The number of rotatable bonds is 4. The van der Waals surface area contributed by atoms with Gasteiger partial charge in [0.15, 0.2) is 5.54 Å². The number of thioether (sulfide) groups is 1. The van der Waals surface area contributed by atoms with Gasteiger partial charge >= 0.3 is 0 Å². The lowest BCUT2D eigenvalue weighted by Crippen LogP contribution is -2.62. The predicted octanol–water partition coefficient (Wildman–Crippen LogP) is 3.44. The molecule has 3 aliphatic heterocycles. The minimum atomic E-state index is -1.21. The van der Waals surface area contributed by atoms with E-state index in [0.717, 1.165) is 16.1 Å². The minimum Gasteiger partial charge on any atom is -0.497 e. The first-order chi connectivity index (χ1) is 15.3. The molecule has 0 N–H and O–H groups in total. The lowest BCUT2D eigenvalue weighted by molar-refractivity contribution is -0.138. The number of hydrogen-bond donors (Lipinski definition) is 0. The highest BCUT2D eigenvalue weighted by Gasteiger charge is 2.78. The Kier molecular flexibility index (Phi) is 5.01. The molecule has 2 amide bonds. The van der Waals surface area contributed by atoms with Crippen molar-refractivity contribution in [1.82, 2.24) is 9.80 Å². The third-order valence-corrected chi connectivity index (χ3v) is 9.78. The summed E-state index contributed by atoms with van der Waals surface area (Å²) in [6.45, 7) is 4.68. The second kappa shape index (κ2) is 7.41. The number of thiophene rings is 1. The van der Waals surface area contributed by atoms with E-state index in [1.165, 1.54) is 11.8 Å². The number of hydrogen-bond acceptors (Lipinski definition) is 7. The maximum atomic E-state index is 14.3. The monoisotopic (exact) mass is 485 g/mol. The quantitative estimate of drug-likeness (QED) is 0.489. The van der Waals surface area contributed by atoms with Crippen molar-refractivity contribution in [2.24, 2.45) is 0 Å². The molecule has 32 heavy (non-hydrogen) atoms. The number of carbonyl (C=O) groups is 2. The molecule has 166 valence electrons. The van der Waals surface area contributed by atoms with Gasteiger partial charge in [-0.2, -0.15) is 0 Å². The van der Waals surface area contributed by atoms with Gasteiger partial charge in [-0.3, -0.25) is 19.4 Å². The van der Waals surface area contributed by atoms with Crippen LogP contribution >= 0.6 is 35.3 Å². The van der Waals surface area contributed by atoms with E-state index in [0.29, 0.717) is 23.2 Å². The van der Waals surface area contributed by atoms with Gasteiger partial charge in [-0.25, -0.2) is 0 Å². The van der Waals surface area contributed by atoms with Gasteiger partial charge in [-0.1, -0.05) is 36.1 Å². The Labute approximate surface area is 200 Å². The summed E-state index contributed by atoms with van der Waals surface area (Å²) in [5.74, 6) is 0.196. The van der Waals surface area contributed by atoms with Gasteiger partial charge < -0.3 is 9.64 Å². The first-order valence-corrected chi connectivity index (χ1v) is 12.3. The van der Waals surface area contributed by atoms with E-state index in [1.807, 2.05) is 47.7 Å². The van der Waals surface area contributed by atoms with Crippen molar-refractivity contribution < 1.29 is 14.3 Å². The molecule has 1 aromatic carbocycles. The van der Waals surface area contributed by atoms with Crippen molar-refractivity contribution in [2.45, 2.75) is 16.2 Å². The highest BCUT2D eigenvalue weighted by atomic mass is 32.2. The Morgan fingerprint density at radius 1 is 1.28 bits per heavy atom. The number of carbonyl (C=O) groups excluding carboxylic acids is 2. The van der Waals surface area contributed by atoms with Gasteiger partial charge in [0.25, 0.3) is 5.91 Å². The van der Waals surface area contributed by atoms with Crippen LogP contribution in [-0.2, 0) is 15.1 Å². The number of anilines is 1. The normalized spacial score (nSPS) is 29.6. The van der Waals surface area contributed by atoms with Crippen molar-refractivity contribution in [3.8, 4) is 5.75 Å². The minimum absolute atomic E-state index is 0.119. The lowest BCUT2D eigenvalue weighted by atomic mass is 9.73. The van der Waals surface area contributed by atoms with E-state index < -0.39 is 10.3 Å². The fourth-order valence-electron chi connectivity index (χ4n) is 5.53. The van der Waals surface area contributed by atoms with E-state index in [4.69, 9.17) is 17.0 Å². The zero-order valence-electron chi connectivity index (χ0n) is 18.0. The Morgan fingerprint density at radius 2 is 2.06 bits per heavy atom. The van der Waals surface area contributed by atoms with Crippen LogP contribution in [0.25, 0.3) is 0 Å². The maximum absolute atomic E-state index is 14.3. The van der Waals surface area contributed by atoms with E-state index in [-0.39, 0.29) is 17.7 Å². The molecule has 0 aliphatic carbocycles. The fourth-order valence-corrected chi connectivity index (χ4v) is 8.63. The van der Waals surface area contributed by atoms with Gasteiger partial charge in [0.1, 0.15) is 14.8 Å². The molecule has 2 aromatic rings. The van der Waals surface area contributed by atoms with Gasteiger partial charge in [0.2, 0.25) is 5.91 Å². The third-order valence-electron chi connectivity index (χ3n) is 6.86. The van der Waals surface area contributed by atoms with Crippen LogP contribution < -0.4 is 9.64 Å². The van der Waals surface area contributed by atoms with Crippen LogP contribution in [0.3, 0.4) is 0 Å². The van der Waals surface area contributed by atoms with E-state index in [2.05, 4.69) is 6.58 Å². The zero-order valence-corrected chi connectivity index (χ0v) is 20.5. The van der Waals surface area contributed by atoms with Crippen LogP contribution in [0, 0.1) is 0 Å². The van der Waals surface area contributed by atoms with Crippen LogP contribution in [0.4, 0.5) is 5.69 Å². The second-order valence-corrected chi connectivity index (χ2v) is 11.1. The topological polar surface area (TPSA) is 53.1 Å². The van der Waals surface area contributed by atoms with E-state index >= 15 is 0 Å². The molecule has 2 fully saturated rings. The number of amides is 2. The van der Waals surface area contributed by atoms with Crippen LogP contribution in [0.15, 0.2) is 48.4 Å². The molecular formula is C23H23N3O3S3. The maximum Gasteiger partial charge on any atom is 0.254 e. The van der Waals surface area contributed by atoms with Crippen LogP contribution in [0.1, 0.15) is 16.4 Å². The van der Waals surface area contributed by atoms with Crippen molar-refractivity contribution >= 4 is 57.1 Å². The largest absolute Gasteiger partial charge is 0.497 e. The summed E-state index contributed by atoms with van der Waals surface area (Å²) in [5, 5.41) is 2.01. The summed E-state index contributed by atoms with van der Waals surface area (Å²) in [6.07, 6.45) is 1.68. The number of likely N-dealkylation sites (tertiary alicyclic amines) is 1. The lowest BCUT2D eigenvalue weighted by Gasteiger charge is -2.42. The van der Waals surface area contributed by atoms with Crippen LogP contribution in [0.2, 0.25) is 0 Å². The number of methoxy groups -OCH3 is 1. The zero-order chi connectivity index (χ0) is 22.8. The second-order valence-electron chi connectivity index (χ2n) is 8.21. The predicted molar refractivity (Wildman–Crippen MR) is 133 cm³/mol. The molecular weight excluding hydrogens is 462 g/mol. The average Bonchev–Trinajstić information content (AvgIpc) is 3.51. The van der Waals surface area contributed by atoms with Crippen molar-refractivity contribution in [3.05, 3.63) is 58.8 Å². The number of fused-ring (bicyclic) bond motifs is 3. The molecule has 0 saturated carbocycles. The van der Waals surface area contributed by atoms with Crippen molar-refractivity contribution in [1.29, 1.82) is 0 Å². The first kappa shape index (κ1) is 21.6. The number of likely N-dealkylation sites (N-methyl/N-ethyl adjacent to an activating group) is 2. The number of nitrogens with zero attached hydrogens (tertiary/aromatic N) is 3. The van der Waals surface area contributed by atoms with Crippen LogP contribution in [0.5, 0.6) is 5.75 Å². The van der Waals surface area contributed by atoms with Crippen LogP contribution in [-0.4, -0.2) is 65.0 Å². The molecule has 4 heterocycles. The van der Waals surface area contributed by atoms with Crippen molar-refractivity contribution in [3.63, 3.8) is 0 Å². The Balaban J connectivity index is 1.84. The number of ether oxygens (including phenoxy) is 1. The Morgan fingerprint density at radius 3 is 2.72 bits per heavy atom. The molecule has 0 radical (unpaired) electrons. The highest BCUT2D eigenvalue weighted by Crippen LogP contribution is 2.67. The van der Waals surface area contributed by atoms with Crippen molar-refractivity contribution in [2.75, 3.05) is 39.2 Å². The SMILES string of the molecule is C=CCN1C(=O)[C@@]2(SC1=S)[C@H](c1cccs1)CN(C)[C@]21C(=O)N(C)c2ccc(OC)cc21. The third kappa shape index (κ3) is 2.42. The molecule has 0 unspecified atom stereocenters. The smallest absolute Gasteiger partial charge is 0.254 e. The first-order valence-electron chi connectivity index (χ1n) is 10.2. The van der Waals surface area contributed by atoms with E-state index in [1.54, 1.807) is 41.4 Å². The summed E-state index contributed by atoms with van der Waals surface area (Å²) in [7, 11) is 5.31. The number of benzene rings is 1. The molecule has 2 saturated heterocycles. The molecule has 0 bridgehead atoms. The molecule has 2 spiro atoms.